The number of hydrogen-bond donors (Lipinski definition) is 0. The van der Waals surface area contributed by atoms with Crippen LogP contribution in [0, 0.1) is 0 Å². The molecule has 0 radical (unpaired) electrons. The fourth-order valence-electron chi connectivity index (χ4n) is 9.58. The van der Waals surface area contributed by atoms with Gasteiger partial charge in [-0.3, -0.25) is 0 Å². The SMILES string of the molecule is CC1(C)c2ccccc2-c2cc(-c3ccc4cccc(-c5nc(-c6ccc7ccc8ccccc8c7c6)nc(-c6ccc7ccc8ccccc8c7c6)n5)c4c3)ccc21. The average Bonchev–Trinajstić information content (AvgIpc) is 3.53. The van der Waals surface area contributed by atoms with Crippen LogP contribution < -0.4 is 0 Å². The van der Waals surface area contributed by atoms with Crippen molar-refractivity contribution in [1.82, 2.24) is 15.0 Å². The summed E-state index contributed by atoms with van der Waals surface area (Å²) in [6.45, 7) is 4.66. The highest BCUT2D eigenvalue weighted by molar-refractivity contribution is 6.10. The van der Waals surface area contributed by atoms with Gasteiger partial charge in [0, 0.05) is 22.1 Å². The standard InChI is InChI=1S/C56H37N3/c1-56(2)51-17-8-7-15-45(51)50-31-40(28-29-52(50)56)39-25-22-36-12-9-16-46(49(36)30-39)55-58-53(41-26-23-37-20-18-34-10-3-5-13-43(34)47(37)32-41)57-54(59-55)42-27-24-38-21-19-35-11-4-6-14-44(35)48(38)33-42/h3-33H,1-2H3. The van der Waals surface area contributed by atoms with Crippen molar-refractivity contribution in [2.24, 2.45) is 0 Å². The Morgan fingerprint density at radius 3 is 1.37 bits per heavy atom. The quantitative estimate of drug-likeness (QED) is 0.168. The molecule has 0 aliphatic heterocycles. The number of aromatic nitrogens is 3. The van der Waals surface area contributed by atoms with E-state index in [0.717, 1.165) is 33.0 Å². The molecule has 3 heteroatoms. The maximum Gasteiger partial charge on any atom is 0.164 e. The molecule has 59 heavy (non-hydrogen) atoms. The van der Waals surface area contributed by atoms with Crippen LogP contribution in [0.25, 0.3) is 110 Å². The van der Waals surface area contributed by atoms with Gasteiger partial charge in [-0.25, -0.2) is 15.0 Å². The molecule has 0 atom stereocenters. The molecule has 3 nitrogen and oxygen atoms in total. The Hall–Kier alpha value is -7.49. The summed E-state index contributed by atoms with van der Waals surface area (Å²) in [7, 11) is 0. The number of hydrogen-bond acceptors (Lipinski definition) is 3. The molecule has 0 unspecified atom stereocenters. The molecule has 0 fully saturated rings. The van der Waals surface area contributed by atoms with Crippen molar-refractivity contribution in [1.29, 1.82) is 0 Å². The second-order valence-corrected chi connectivity index (χ2v) is 16.4. The molecule has 1 aliphatic carbocycles. The molecule has 10 aromatic carbocycles. The van der Waals surface area contributed by atoms with Gasteiger partial charge in [0.2, 0.25) is 0 Å². The van der Waals surface area contributed by atoms with E-state index in [9.17, 15) is 0 Å². The van der Waals surface area contributed by atoms with Crippen molar-refractivity contribution in [3.63, 3.8) is 0 Å². The molecular formula is C56H37N3. The molecule has 1 aromatic heterocycles. The van der Waals surface area contributed by atoms with Gasteiger partial charge in [-0.15, -0.1) is 0 Å². The monoisotopic (exact) mass is 751 g/mol. The van der Waals surface area contributed by atoms with Gasteiger partial charge in [0.15, 0.2) is 17.5 Å². The zero-order valence-electron chi connectivity index (χ0n) is 32.7. The van der Waals surface area contributed by atoms with E-state index in [4.69, 9.17) is 15.0 Å². The van der Waals surface area contributed by atoms with Crippen molar-refractivity contribution >= 4 is 53.9 Å². The van der Waals surface area contributed by atoms with Crippen LogP contribution in [-0.2, 0) is 5.41 Å². The van der Waals surface area contributed by atoms with E-state index in [1.165, 1.54) is 70.9 Å². The van der Waals surface area contributed by atoms with Gasteiger partial charge in [0.1, 0.15) is 0 Å². The lowest BCUT2D eigenvalue weighted by atomic mass is 9.82. The van der Waals surface area contributed by atoms with Crippen LogP contribution in [0.3, 0.4) is 0 Å². The first-order valence-electron chi connectivity index (χ1n) is 20.3. The smallest absolute Gasteiger partial charge is 0.164 e. The first kappa shape index (κ1) is 33.6. The van der Waals surface area contributed by atoms with E-state index < -0.39 is 0 Å². The third-order valence-electron chi connectivity index (χ3n) is 12.7. The maximum atomic E-state index is 5.32. The molecule has 0 spiro atoms. The Kier molecular flexibility index (Phi) is 7.27. The minimum atomic E-state index is -0.0363. The second-order valence-electron chi connectivity index (χ2n) is 16.4. The number of benzene rings is 10. The van der Waals surface area contributed by atoms with Crippen LogP contribution in [0.1, 0.15) is 25.0 Å². The Bertz CT molecular complexity index is 3410. The predicted octanol–water partition coefficient (Wildman–Crippen LogP) is 14.6. The lowest BCUT2D eigenvalue weighted by molar-refractivity contribution is 0.660. The molecular weight excluding hydrogens is 715 g/mol. The topological polar surface area (TPSA) is 38.7 Å². The fourth-order valence-corrected chi connectivity index (χ4v) is 9.58. The summed E-state index contributed by atoms with van der Waals surface area (Å²) < 4.78 is 0. The molecule has 0 amide bonds. The third kappa shape index (κ3) is 5.32. The van der Waals surface area contributed by atoms with Crippen LogP contribution in [0.2, 0.25) is 0 Å². The number of fused-ring (bicyclic) bond motifs is 10. The first-order chi connectivity index (χ1) is 29.0. The lowest BCUT2D eigenvalue weighted by Gasteiger charge is -2.21. The average molecular weight is 752 g/mol. The van der Waals surface area contributed by atoms with Crippen molar-refractivity contribution in [3.8, 4) is 56.4 Å². The minimum Gasteiger partial charge on any atom is -0.208 e. The van der Waals surface area contributed by atoms with E-state index in [2.05, 4.69) is 202 Å². The van der Waals surface area contributed by atoms with Gasteiger partial charge in [0.25, 0.3) is 0 Å². The highest BCUT2D eigenvalue weighted by Gasteiger charge is 2.35. The van der Waals surface area contributed by atoms with Crippen LogP contribution >= 0.6 is 0 Å². The first-order valence-corrected chi connectivity index (χ1v) is 20.3. The van der Waals surface area contributed by atoms with Crippen molar-refractivity contribution in [2.45, 2.75) is 19.3 Å². The van der Waals surface area contributed by atoms with Crippen LogP contribution in [0.4, 0.5) is 0 Å². The molecule has 0 N–H and O–H groups in total. The Morgan fingerprint density at radius 1 is 0.288 bits per heavy atom. The summed E-state index contributed by atoms with van der Waals surface area (Å²) in [4.78, 5) is 15.9. The zero-order chi connectivity index (χ0) is 39.2. The van der Waals surface area contributed by atoms with E-state index in [-0.39, 0.29) is 5.41 Å². The largest absolute Gasteiger partial charge is 0.208 e. The number of rotatable bonds is 4. The second kappa shape index (κ2) is 12.8. The van der Waals surface area contributed by atoms with Crippen LogP contribution in [0.15, 0.2) is 188 Å². The highest BCUT2D eigenvalue weighted by Crippen LogP contribution is 2.49. The fraction of sp³-hybridized carbons (Fsp3) is 0.0536. The molecule has 276 valence electrons. The van der Waals surface area contributed by atoms with E-state index in [1.54, 1.807) is 0 Å². The van der Waals surface area contributed by atoms with Crippen molar-refractivity contribution < 1.29 is 0 Å². The molecule has 0 bridgehead atoms. The molecule has 0 saturated carbocycles. The van der Waals surface area contributed by atoms with Crippen molar-refractivity contribution in [3.05, 3.63) is 199 Å². The van der Waals surface area contributed by atoms with Gasteiger partial charge in [-0.1, -0.05) is 178 Å². The summed E-state index contributed by atoms with van der Waals surface area (Å²) in [6.07, 6.45) is 0. The normalized spacial score (nSPS) is 13.1. The summed E-state index contributed by atoms with van der Waals surface area (Å²) in [5.74, 6) is 1.94. The molecule has 1 aliphatic rings. The maximum absolute atomic E-state index is 5.32. The van der Waals surface area contributed by atoms with Gasteiger partial charge in [-0.2, -0.15) is 0 Å². The van der Waals surface area contributed by atoms with E-state index in [1.807, 2.05) is 0 Å². The molecule has 1 heterocycles. The van der Waals surface area contributed by atoms with Crippen molar-refractivity contribution in [2.75, 3.05) is 0 Å². The van der Waals surface area contributed by atoms with Crippen LogP contribution in [-0.4, -0.2) is 15.0 Å². The van der Waals surface area contributed by atoms with Gasteiger partial charge in [0.05, 0.1) is 0 Å². The summed E-state index contributed by atoms with van der Waals surface area (Å²) >= 11 is 0. The van der Waals surface area contributed by atoms with Gasteiger partial charge >= 0.3 is 0 Å². The van der Waals surface area contributed by atoms with Gasteiger partial charge < -0.3 is 0 Å². The Balaban J connectivity index is 1.06. The predicted molar refractivity (Wildman–Crippen MR) is 247 cm³/mol. The van der Waals surface area contributed by atoms with E-state index >= 15 is 0 Å². The Morgan fingerprint density at radius 2 is 0.712 bits per heavy atom. The molecule has 0 saturated heterocycles. The third-order valence-corrected chi connectivity index (χ3v) is 12.7. The molecule has 12 rings (SSSR count). The summed E-state index contributed by atoms with van der Waals surface area (Å²) in [5.41, 5.74) is 10.6. The summed E-state index contributed by atoms with van der Waals surface area (Å²) in [6, 6.07) is 68.0. The molecule has 11 aromatic rings. The van der Waals surface area contributed by atoms with Crippen LogP contribution in [0.5, 0.6) is 0 Å². The zero-order valence-corrected chi connectivity index (χ0v) is 32.7. The lowest BCUT2D eigenvalue weighted by Crippen LogP contribution is -2.14. The van der Waals surface area contributed by atoms with Gasteiger partial charge in [-0.05, 0) is 112 Å². The Labute approximate surface area is 342 Å². The minimum absolute atomic E-state index is 0.0363. The van der Waals surface area contributed by atoms with E-state index in [0.29, 0.717) is 17.5 Å². The highest BCUT2D eigenvalue weighted by atomic mass is 15.0. The number of nitrogens with zero attached hydrogens (tertiary/aromatic N) is 3. The summed E-state index contributed by atoms with van der Waals surface area (Å²) in [5, 5.41) is 11.8.